The lowest BCUT2D eigenvalue weighted by Crippen LogP contribution is -2.31. The number of rotatable bonds is 9. The Morgan fingerprint density at radius 1 is 0.920 bits per heavy atom. The molecule has 0 aliphatic rings. The fourth-order valence-electron chi connectivity index (χ4n) is 2.21. The van der Waals surface area contributed by atoms with Crippen LogP contribution in [-0.4, -0.2) is 30.7 Å². The molecule has 2 rings (SSSR count). The van der Waals surface area contributed by atoms with Crippen molar-refractivity contribution in [1.29, 1.82) is 0 Å². The van der Waals surface area contributed by atoms with Gasteiger partial charge in [0.25, 0.3) is 5.91 Å². The molecule has 0 saturated heterocycles. The summed E-state index contributed by atoms with van der Waals surface area (Å²) >= 11 is 1.80. The first-order valence-corrected chi connectivity index (χ1v) is 9.54. The molecule has 0 heterocycles. The summed E-state index contributed by atoms with van der Waals surface area (Å²) in [6, 6.07) is 17.5. The van der Waals surface area contributed by atoms with Crippen molar-refractivity contribution in [3.63, 3.8) is 0 Å². The zero-order chi connectivity index (χ0) is 17.9. The second kappa shape index (κ2) is 10.6. The van der Waals surface area contributed by atoms with E-state index in [9.17, 15) is 9.59 Å². The van der Waals surface area contributed by atoms with Gasteiger partial charge in [-0.25, -0.2) is 0 Å². The predicted octanol–water partition coefficient (Wildman–Crippen LogP) is 3.16. The normalized spacial score (nSPS) is 10.3. The van der Waals surface area contributed by atoms with Crippen molar-refractivity contribution in [3.8, 4) is 0 Å². The van der Waals surface area contributed by atoms with Crippen LogP contribution in [0.1, 0.15) is 27.9 Å². The largest absolute Gasteiger partial charge is 0.355 e. The predicted molar refractivity (Wildman–Crippen MR) is 104 cm³/mol. The molecule has 0 bridgehead atoms. The van der Waals surface area contributed by atoms with Crippen LogP contribution in [0.5, 0.6) is 0 Å². The summed E-state index contributed by atoms with van der Waals surface area (Å²) in [7, 11) is 0. The van der Waals surface area contributed by atoms with Gasteiger partial charge in [-0.05, 0) is 24.6 Å². The topological polar surface area (TPSA) is 58.2 Å². The fourth-order valence-corrected chi connectivity index (χ4v) is 3.03. The van der Waals surface area contributed by atoms with E-state index in [2.05, 4.69) is 41.8 Å². The summed E-state index contributed by atoms with van der Waals surface area (Å²) in [6.45, 7) is 3.06. The molecular formula is C20H24N2O2S. The molecule has 5 heteroatoms. The summed E-state index contributed by atoms with van der Waals surface area (Å²) in [5, 5.41) is 5.63. The van der Waals surface area contributed by atoms with E-state index in [4.69, 9.17) is 0 Å². The number of hydrogen-bond donors (Lipinski definition) is 2. The van der Waals surface area contributed by atoms with Crippen LogP contribution in [0.2, 0.25) is 0 Å². The highest BCUT2D eigenvalue weighted by Gasteiger charge is 2.05. The molecule has 0 aliphatic heterocycles. The molecule has 2 amide bonds. The number of hydrogen-bond acceptors (Lipinski definition) is 3. The van der Waals surface area contributed by atoms with Gasteiger partial charge in [-0.2, -0.15) is 11.8 Å². The first-order valence-electron chi connectivity index (χ1n) is 8.38. The Kier molecular flexibility index (Phi) is 8.05. The molecule has 4 nitrogen and oxygen atoms in total. The lowest BCUT2D eigenvalue weighted by Gasteiger charge is -2.07. The molecule has 2 aromatic rings. The average Bonchev–Trinajstić information content (AvgIpc) is 2.63. The number of aryl methyl sites for hydroxylation is 1. The minimum Gasteiger partial charge on any atom is -0.355 e. The van der Waals surface area contributed by atoms with Gasteiger partial charge in [0.1, 0.15) is 0 Å². The average molecular weight is 356 g/mol. The number of carbonyl (C=O) groups excluding carboxylic acids is 2. The zero-order valence-electron chi connectivity index (χ0n) is 14.5. The van der Waals surface area contributed by atoms with E-state index in [-0.39, 0.29) is 11.8 Å². The first-order chi connectivity index (χ1) is 12.1. The van der Waals surface area contributed by atoms with Crippen molar-refractivity contribution in [2.24, 2.45) is 0 Å². The summed E-state index contributed by atoms with van der Waals surface area (Å²) in [4.78, 5) is 23.6. The van der Waals surface area contributed by atoms with E-state index >= 15 is 0 Å². The first kappa shape index (κ1) is 19.1. The lowest BCUT2D eigenvalue weighted by atomic mass is 10.2. The van der Waals surface area contributed by atoms with Crippen LogP contribution in [0.3, 0.4) is 0 Å². The molecule has 2 aromatic carbocycles. The Labute approximate surface area is 153 Å². The maximum atomic E-state index is 11.8. The van der Waals surface area contributed by atoms with Gasteiger partial charge >= 0.3 is 0 Å². The second-order valence-electron chi connectivity index (χ2n) is 5.76. The Bertz CT molecular complexity index is 672. The molecule has 2 N–H and O–H groups in total. The monoisotopic (exact) mass is 356 g/mol. The molecule has 0 spiro atoms. The number of benzene rings is 2. The third-order valence-electron chi connectivity index (χ3n) is 3.63. The van der Waals surface area contributed by atoms with Gasteiger partial charge in [0.15, 0.2) is 0 Å². The standard InChI is InChI=1S/C20H24N2O2S/c1-16-7-9-17(10-8-16)15-25-14-13-21-19(23)11-12-22-20(24)18-5-3-2-4-6-18/h2-10H,11-15H2,1H3,(H,21,23)(H,22,24). The van der Waals surface area contributed by atoms with Gasteiger partial charge in [-0.3, -0.25) is 9.59 Å². The number of thioether (sulfide) groups is 1. The van der Waals surface area contributed by atoms with Gasteiger partial charge < -0.3 is 10.6 Å². The van der Waals surface area contributed by atoms with Crippen LogP contribution in [-0.2, 0) is 10.5 Å². The minimum absolute atomic E-state index is 0.0377. The maximum Gasteiger partial charge on any atom is 0.251 e. The smallest absolute Gasteiger partial charge is 0.251 e. The number of carbonyl (C=O) groups is 2. The molecular weight excluding hydrogens is 332 g/mol. The van der Waals surface area contributed by atoms with E-state index in [1.54, 1.807) is 23.9 Å². The SMILES string of the molecule is Cc1ccc(CSCCNC(=O)CCNC(=O)c2ccccc2)cc1. The van der Waals surface area contributed by atoms with Crippen molar-refractivity contribution in [2.75, 3.05) is 18.8 Å². The molecule has 0 aromatic heterocycles. The van der Waals surface area contributed by atoms with Crippen molar-refractivity contribution in [2.45, 2.75) is 19.1 Å². The minimum atomic E-state index is -0.151. The summed E-state index contributed by atoms with van der Waals surface area (Å²) in [5.41, 5.74) is 3.17. The fraction of sp³-hybridized carbons (Fsp3) is 0.300. The van der Waals surface area contributed by atoms with E-state index < -0.39 is 0 Å². The van der Waals surface area contributed by atoms with Crippen LogP contribution >= 0.6 is 11.8 Å². The van der Waals surface area contributed by atoms with Gasteiger partial charge in [0.05, 0.1) is 0 Å². The van der Waals surface area contributed by atoms with E-state index in [1.165, 1.54) is 11.1 Å². The van der Waals surface area contributed by atoms with Crippen LogP contribution in [0.25, 0.3) is 0 Å². The molecule has 0 atom stereocenters. The highest BCUT2D eigenvalue weighted by Crippen LogP contribution is 2.12. The van der Waals surface area contributed by atoms with Crippen LogP contribution in [0.15, 0.2) is 54.6 Å². The Morgan fingerprint density at radius 3 is 2.36 bits per heavy atom. The molecule has 25 heavy (non-hydrogen) atoms. The molecule has 0 aliphatic carbocycles. The van der Waals surface area contributed by atoms with Crippen molar-refractivity contribution < 1.29 is 9.59 Å². The van der Waals surface area contributed by atoms with Crippen molar-refractivity contribution in [3.05, 3.63) is 71.3 Å². The molecule has 0 saturated carbocycles. The molecule has 132 valence electrons. The molecule has 0 unspecified atom stereocenters. The van der Waals surface area contributed by atoms with Crippen LogP contribution in [0, 0.1) is 6.92 Å². The van der Waals surface area contributed by atoms with E-state index in [0.29, 0.717) is 25.1 Å². The van der Waals surface area contributed by atoms with Gasteiger partial charge in [-0.15, -0.1) is 0 Å². The Morgan fingerprint density at radius 2 is 1.64 bits per heavy atom. The third-order valence-corrected chi connectivity index (χ3v) is 4.66. The summed E-state index contributed by atoms with van der Waals surface area (Å²) in [6.07, 6.45) is 0.293. The summed E-state index contributed by atoms with van der Waals surface area (Å²) < 4.78 is 0. The van der Waals surface area contributed by atoms with Crippen molar-refractivity contribution in [1.82, 2.24) is 10.6 Å². The highest BCUT2D eigenvalue weighted by atomic mass is 32.2. The highest BCUT2D eigenvalue weighted by molar-refractivity contribution is 7.98. The van der Waals surface area contributed by atoms with Crippen molar-refractivity contribution >= 4 is 23.6 Å². The number of amides is 2. The van der Waals surface area contributed by atoms with Crippen LogP contribution < -0.4 is 10.6 Å². The van der Waals surface area contributed by atoms with Crippen LogP contribution in [0.4, 0.5) is 0 Å². The Balaban J connectivity index is 1.52. The Hall–Kier alpha value is -2.27. The third kappa shape index (κ3) is 7.44. The quantitative estimate of drug-likeness (QED) is 0.679. The summed E-state index contributed by atoms with van der Waals surface area (Å²) in [5.74, 6) is 1.63. The van der Waals surface area contributed by atoms with E-state index in [0.717, 1.165) is 11.5 Å². The lowest BCUT2D eigenvalue weighted by molar-refractivity contribution is -0.120. The maximum absolute atomic E-state index is 11.8. The number of nitrogens with one attached hydrogen (secondary N) is 2. The molecule has 0 radical (unpaired) electrons. The van der Waals surface area contributed by atoms with Gasteiger partial charge in [0.2, 0.25) is 5.91 Å². The molecule has 0 fully saturated rings. The zero-order valence-corrected chi connectivity index (χ0v) is 15.3. The second-order valence-corrected chi connectivity index (χ2v) is 6.87. The van der Waals surface area contributed by atoms with Gasteiger partial charge in [0, 0.05) is 36.6 Å². The van der Waals surface area contributed by atoms with Gasteiger partial charge in [-0.1, -0.05) is 48.0 Å². The van der Waals surface area contributed by atoms with E-state index in [1.807, 2.05) is 18.2 Å².